The number of piperidine rings is 1. The highest BCUT2D eigenvalue weighted by atomic mass is 16.5. The summed E-state index contributed by atoms with van der Waals surface area (Å²) in [4.78, 5) is 31.7. The highest BCUT2D eigenvalue weighted by Crippen LogP contribution is 2.61. The molecule has 3 fully saturated rings. The van der Waals surface area contributed by atoms with E-state index in [-0.39, 0.29) is 35.7 Å². The molecule has 0 N–H and O–H groups in total. The van der Waals surface area contributed by atoms with Crippen LogP contribution in [-0.2, 0) is 19.7 Å². The number of Topliss-reactive ketones (excluding diaryl/α,β-unsaturated/α-hetero) is 1. The number of anilines is 1. The maximum Gasteiger partial charge on any atom is 0.229 e. The number of methoxy groups -OCH3 is 2. The highest BCUT2D eigenvalue weighted by molar-refractivity contribution is 6.06. The van der Waals surface area contributed by atoms with Crippen molar-refractivity contribution in [1.29, 1.82) is 0 Å². The Morgan fingerprint density at radius 2 is 1.90 bits per heavy atom. The van der Waals surface area contributed by atoms with Crippen LogP contribution in [0.15, 0.2) is 23.8 Å². The molecule has 0 aromatic heterocycles. The van der Waals surface area contributed by atoms with E-state index in [0.29, 0.717) is 37.4 Å². The van der Waals surface area contributed by atoms with Crippen LogP contribution in [0, 0.1) is 11.8 Å². The zero-order valence-corrected chi connectivity index (χ0v) is 18.2. The van der Waals surface area contributed by atoms with Crippen molar-refractivity contribution in [1.82, 2.24) is 4.90 Å². The van der Waals surface area contributed by atoms with Crippen molar-refractivity contribution in [3.05, 3.63) is 29.3 Å². The van der Waals surface area contributed by atoms with E-state index in [1.165, 1.54) is 5.57 Å². The highest BCUT2D eigenvalue weighted by Gasteiger charge is 2.67. The molecule has 5 atom stereocenters. The monoisotopic (exact) mass is 424 g/mol. The third-order valence-corrected chi connectivity index (χ3v) is 8.30. The molecule has 164 valence electrons. The van der Waals surface area contributed by atoms with E-state index in [1.54, 1.807) is 14.2 Å². The van der Waals surface area contributed by atoms with Crippen LogP contribution in [0.5, 0.6) is 11.5 Å². The van der Waals surface area contributed by atoms with Crippen LogP contribution in [0.25, 0.3) is 0 Å². The molecule has 4 bridgehead atoms. The number of likely N-dealkylation sites (N-methyl/N-ethyl adjacent to an activating group) is 1. The van der Waals surface area contributed by atoms with Crippen LogP contribution in [-0.4, -0.2) is 69.7 Å². The molecule has 0 radical (unpaired) electrons. The molecule has 1 saturated carbocycles. The van der Waals surface area contributed by atoms with Crippen LogP contribution >= 0.6 is 0 Å². The fraction of sp³-hybridized carbons (Fsp3) is 0.583. The van der Waals surface area contributed by atoms with Crippen LogP contribution in [0.2, 0.25) is 0 Å². The summed E-state index contributed by atoms with van der Waals surface area (Å²) in [6.07, 6.45) is 3.56. The largest absolute Gasteiger partial charge is 0.493 e. The van der Waals surface area contributed by atoms with Gasteiger partial charge in [0, 0.05) is 24.9 Å². The maximum atomic E-state index is 14.0. The Morgan fingerprint density at radius 3 is 2.68 bits per heavy atom. The Labute approximate surface area is 181 Å². The van der Waals surface area contributed by atoms with E-state index >= 15 is 0 Å². The Bertz CT molecular complexity index is 1020. The summed E-state index contributed by atoms with van der Waals surface area (Å²) in [5.74, 6) is 1.68. The zero-order valence-electron chi connectivity index (χ0n) is 18.2. The molecule has 0 spiro atoms. The zero-order chi connectivity index (χ0) is 21.5. The van der Waals surface area contributed by atoms with Gasteiger partial charge in [0.15, 0.2) is 11.5 Å². The van der Waals surface area contributed by atoms with Crippen molar-refractivity contribution in [3.8, 4) is 11.5 Å². The molecule has 1 aromatic rings. The first kappa shape index (κ1) is 19.3. The number of carbonyl (C=O) groups excluding carboxylic acids is 2. The topological polar surface area (TPSA) is 68.3 Å². The minimum absolute atomic E-state index is 0.0334. The first-order chi connectivity index (χ1) is 15.0. The molecular weight excluding hydrogens is 396 g/mol. The molecule has 1 aromatic carbocycles. The van der Waals surface area contributed by atoms with Gasteiger partial charge in [-0.1, -0.05) is 11.6 Å². The first-order valence-corrected chi connectivity index (χ1v) is 11.1. The van der Waals surface area contributed by atoms with E-state index in [0.717, 1.165) is 24.3 Å². The molecule has 5 aliphatic rings. The summed E-state index contributed by atoms with van der Waals surface area (Å²) in [5.41, 5.74) is 2.27. The Morgan fingerprint density at radius 1 is 1.13 bits per heavy atom. The van der Waals surface area contributed by atoms with Gasteiger partial charge in [-0.25, -0.2) is 0 Å². The molecule has 7 nitrogen and oxygen atoms in total. The van der Waals surface area contributed by atoms with Gasteiger partial charge < -0.3 is 24.0 Å². The number of rotatable bonds is 2. The van der Waals surface area contributed by atoms with Gasteiger partial charge in [-0.3, -0.25) is 9.59 Å². The minimum Gasteiger partial charge on any atom is -0.493 e. The minimum atomic E-state index is -0.734. The Kier molecular flexibility index (Phi) is 4.09. The Balaban J connectivity index is 1.65. The quantitative estimate of drug-likeness (QED) is 0.676. The number of ether oxygens (including phenoxy) is 3. The van der Waals surface area contributed by atoms with Gasteiger partial charge in [0.05, 0.1) is 50.5 Å². The van der Waals surface area contributed by atoms with Crippen LogP contribution in [0.1, 0.15) is 24.8 Å². The second kappa shape index (κ2) is 6.56. The number of benzene rings is 1. The predicted molar refractivity (Wildman–Crippen MR) is 114 cm³/mol. The van der Waals surface area contributed by atoms with Crippen molar-refractivity contribution in [2.45, 2.75) is 36.8 Å². The lowest BCUT2D eigenvalue weighted by Crippen LogP contribution is -2.66. The molecule has 1 aliphatic carbocycles. The summed E-state index contributed by atoms with van der Waals surface area (Å²) in [7, 11) is 5.32. The third kappa shape index (κ3) is 2.36. The van der Waals surface area contributed by atoms with Gasteiger partial charge in [-0.05, 0) is 37.6 Å². The van der Waals surface area contributed by atoms with E-state index in [4.69, 9.17) is 14.2 Å². The Hall–Kier alpha value is -2.38. The van der Waals surface area contributed by atoms with Gasteiger partial charge >= 0.3 is 0 Å². The molecule has 4 heterocycles. The number of nitrogens with zero attached hydrogens (tertiary/aromatic N) is 2. The number of fused-ring (bicyclic) bond motifs is 2. The molecule has 6 rings (SSSR count). The number of carbonyl (C=O) groups is 2. The standard InChI is InChI=1S/C24H28N2O5/c1-25-6-5-24-15-9-17(29-2)18(30-3)10-16(15)26-21(28)11-19-22(23(24)26)14(8-20(24)27)13(12-25)4-7-31-19/h4,9-10,14,19,22-23H,5-8,11-12H2,1-3H3/t14-,19-,22-,23-,24+/m1/s1. The molecule has 2 saturated heterocycles. The summed E-state index contributed by atoms with van der Waals surface area (Å²) in [6, 6.07) is 3.61. The predicted octanol–water partition coefficient (Wildman–Crippen LogP) is 1.93. The normalized spacial score (nSPS) is 36.2. The third-order valence-electron chi connectivity index (χ3n) is 8.30. The average Bonchev–Trinajstić information content (AvgIpc) is 2.99. The van der Waals surface area contributed by atoms with Gasteiger partial charge in [0.25, 0.3) is 0 Å². The average molecular weight is 424 g/mol. The smallest absolute Gasteiger partial charge is 0.229 e. The van der Waals surface area contributed by atoms with Crippen molar-refractivity contribution >= 4 is 17.4 Å². The summed E-state index contributed by atoms with van der Waals surface area (Å²) < 4.78 is 17.4. The lowest BCUT2D eigenvalue weighted by molar-refractivity contribution is -0.140. The SMILES string of the molecule is COc1cc2c(cc1OC)[C@]13CCN(C)CC4=CCO[C@@H]5CC(=O)N2[C@@H]1[C@@H]5[C@@H]4CC3=O. The van der Waals surface area contributed by atoms with Crippen molar-refractivity contribution in [2.75, 3.05) is 45.9 Å². The second-order valence-electron chi connectivity index (χ2n) is 9.56. The lowest BCUT2D eigenvalue weighted by Gasteiger charge is -2.53. The fourth-order valence-electron chi connectivity index (χ4n) is 7.01. The number of hydrogen-bond donors (Lipinski definition) is 0. The van der Waals surface area contributed by atoms with E-state index in [1.807, 2.05) is 17.0 Å². The maximum absolute atomic E-state index is 14.0. The van der Waals surface area contributed by atoms with E-state index in [9.17, 15) is 9.59 Å². The van der Waals surface area contributed by atoms with Crippen molar-refractivity contribution < 1.29 is 23.8 Å². The number of ketones is 1. The first-order valence-electron chi connectivity index (χ1n) is 11.1. The fourth-order valence-corrected chi connectivity index (χ4v) is 7.01. The van der Waals surface area contributed by atoms with Crippen LogP contribution in [0.3, 0.4) is 0 Å². The van der Waals surface area contributed by atoms with Crippen molar-refractivity contribution in [2.24, 2.45) is 11.8 Å². The molecule has 7 heteroatoms. The van der Waals surface area contributed by atoms with Gasteiger partial charge in [0.1, 0.15) is 5.78 Å². The number of hydrogen-bond acceptors (Lipinski definition) is 6. The summed E-state index contributed by atoms with van der Waals surface area (Å²) >= 11 is 0. The van der Waals surface area contributed by atoms with E-state index < -0.39 is 5.41 Å². The molecular formula is C24H28N2O5. The number of amides is 1. The molecule has 31 heavy (non-hydrogen) atoms. The van der Waals surface area contributed by atoms with Gasteiger partial charge in [-0.15, -0.1) is 0 Å². The summed E-state index contributed by atoms with van der Waals surface area (Å²) in [5, 5.41) is 0. The van der Waals surface area contributed by atoms with Crippen LogP contribution < -0.4 is 14.4 Å². The summed E-state index contributed by atoms with van der Waals surface area (Å²) in [6.45, 7) is 2.15. The molecule has 4 aliphatic heterocycles. The lowest BCUT2D eigenvalue weighted by atomic mass is 9.55. The second-order valence-corrected chi connectivity index (χ2v) is 9.56. The van der Waals surface area contributed by atoms with E-state index in [2.05, 4.69) is 18.0 Å². The van der Waals surface area contributed by atoms with Gasteiger partial charge in [-0.2, -0.15) is 0 Å². The van der Waals surface area contributed by atoms with Crippen molar-refractivity contribution in [3.63, 3.8) is 0 Å². The molecule has 0 unspecified atom stereocenters. The molecule has 1 amide bonds. The van der Waals surface area contributed by atoms with Gasteiger partial charge in [0.2, 0.25) is 5.91 Å². The van der Waals surface area contributed by atoms with Crippen LogP contribution in [0.4, 0.5) is 5.69 Å².